The van der Waals surface area contributed by atoms with Gasteiger partial charge in [-0.3, -0.25) is 4.79 Å². The molecule has 3 aromatic rings. The fourth-order valence-corrected chi connectivity index (χ4v) is 6.54. The number of carbonyl (C=O) groups is 1. The van der Waals surface area contributed by atoms with Gasteiger partial charge in [-0.25, -0.2) is 18.7 Å². The monoisotopic (exact) mass is 478 g/mol. The third-order valence-corrected chi connectivity index (χ3v) is 8.50. The van der Waals surface area contributed by atoms with Gasteiger partial charge in [0, 0.05) is 24.8 Å². The molecule has 32 heavy (non-hydrogen) atoms. The zero-order valence-corrected chi connectivity index (χ0v) is 19.2. The number of thiophene rings is 1. The topological polar surface area (TPSA) is 110 Å². The summed E-state index contributed by atoms with van der Waals surface area (Å²) in [6.07, 6.45) is -0.174. The van der Waals surface area contributed by atoms with Crippen molar-refractivity contribution in [3.8, 4) is 0 Å². The maximum Gasteiger partial charge on any atom is 0.263 e. The molecule has 11 heteroatoms. The number of pyridine rings is 1. The van der Waals surface area contributed by atoms with Gasteiger partial charge in [-0.2, -0.15) is 0 Å². The SMILES string of the molecule is Cc1nc2sc(C(=O)NC3CCc4nc(N5CCC(N)(C(F)F)C5)ccc4C3)c(N)c2s1. The number of nitrogens with one attached hydrogen (secondary N) is 1. The van der Waals surface area contributed by atoms with Gasteiger partial charge in [-0.15, -0.1) is 22.7 Å². The van der Waals surface area contributed by atoms with E-state index in [4.69, 9.17) is 16.5 Å². The number of carbonyl (C=O) groups excluding carboxylic acids is 1. The minimum atomic E-state index is -2.55. The molecule has 7 nitrogen and oxygen atoms in total. The lowest BCUT2D eigenvalue weighted by molar-refractivity contribution is 0.0655. The number of nitrogens with two attached hydrogens (primary N) is 2. The normalized spacial score (nSPS) is 23.2. The van der Waals surface area contributed by atoms with Crippen LogP contribution >= 0.6 is 22.7 Å². The number of thiazole rings is 1. The van der Waals surface area contributed by atoms with Gasteiger partial charge in [0.2, 0.25) is 0 Å². The van der Waals surface area contributed by atoms with Crippen molar-refractivity contribution < 1.29 is 13.6 Å². The molecule has 4 heterocycles. The van der Waals surface area contributed by atoms with Crippen LogP contribution in [-0.2, 0) is 12.8 Å². The summed E-state index contributed by atoms with van der Waals surface area (Å²) in [4.78, 5) is 25.1. The Morgan fingerprint density at radius 2 is 2.16 bits per heavy atom. The molecule has 5 N–H and O–H groups in total. The Morgan fingerprint density at radius 1 is 1.34 bits per heavy atom. The Labute approximate surface area is 191 Å². The van der Waals surface area contributed by atoms with E-state index in [-0.39, 0.29) is 24.9 Å². The summed E-state index contributed by atoms with van der Waals surface area (Å²) >= 11 is 2.83. The minimum Gasteiger partial charge on any atom is -0.396 e. The van der Waals surface area contributed by atoms with Crippen molar-refractivity contribution in [3.63, 3.8) is 0 Å². The number of nitrogen functional groups attached to an aromatic ring is 1. The van der Waals surface area contributed by atoms with Crippen molar-refractivity contribution in [2.45, 2.75) is 50.6 Å². The molecule has 170 valence electrons. The second kappa shape index (κ2) is 7.89. The molecule has 0 bridgehead atoms. The van der Waals surface area contributed by atoms with Gasteiger partial charge in [-0.05, 0) is 44.2 Å². The van der Waals surface area contributed by atoms with Gasteiger partial charge in [-0.1, -0.05) is 6.07 Å². The van der Waals surface area contributed by atoms with E-state index in [1.165, 1.54) is 22.7 Å². The number of anilines is 2. The van der Waals surface area contributed by atoms with E-state index in [0.717, 1.165) is 32.2 Å². The van der Waals surface area contributed by atoms with Gasteiger partial charge in [0.05, 0.1) is 20.9 Å². The third kappa shape index (κ3) is 3.71. The fourth-order valence-electron chi connectivity index (χ4n) is 4.45. The van der Waals surface area contributed by atoms with Crippen LogP contribution in [0.2, 0.25) is 0 Å². The van der Waals surface area contributed by atoms with Crippen LogP contribution in [0.15, 0.2) is 12.1 Å². The van der Waals surface area contributed by atoms with Crippen LogP contribution in [0.3, 0.4) is 0 Å². The largest absolute Gasteiger partial charge is 0.396 e. The van der Waals surface area contributed by atoms with Crippen molar-refractivity contribution in [1.29, 1.82) is 0 Å². The number of fused-ring (bicyclic) bond motifs is 2. The summed E-state index contributed by atoms with van der Waals surface area (Å²) in [5, 5.41) is 4.04. The van der Waals surface area contributed by atoms with Crippen LogP contribution in [0.25, 0.3) is 9.53 Å². The van der Waals surface area contributed by atoms with Gasteiger partial charge >= 0.3 is 0 Å². The van der Waals surface area contributed by atoms with Crippen LogP contribution in [0.5, 0.6) is 0 Å². The van der Waals surface area contributed by atoms with Crippen LogP contribution in [0.1, 0.15) is 38.8 Å². The van der Waals surface area contributed by atoms with Gasteiger partial charge < -0.3 is 21.7 Å². The smallest absolute Gasteiger partial charge is 0.263 e. The first-order valence-corrected chi connectivity index (χ1v) is 12.1. The molecule has 1 aliphatic carbocycles. The average molecular weight is 479 g/mol. The molecule has 5 rings (SSSR count). The van der Waals surface area contributed by atoms with Crippen LogP contribution in [-0.4, -0.2) is 47.0 Å². The van der Waals surface area contributed by atoms with Crippen LogP contribution < -0.4 is 21.7 Å². The Bertz CT molecular complexity index is 1190. The highest BCUT2D eigenvalue weighted by molar-refractivity contribution is 7.29. The molecule has 2 unspecified atom stereocenters. The van der Waals surface area contributed by atoms with E-state index in [0.29, 0.717) is 35.8 Å². The molecule has 3 aromatic heterocycles. The summed E-state index contributed by atoms with van der Waals surface area (Å²) in [5.74, 6) is 0.519. The Kier molecular flexibility index (Phi) is 5.30. The van der Waals surface area contributed by atoms with E-state index in [2.05, 4.69) is 10.3 Å². The highest BCUT2D eigenvalue weighted by Gasteiger charge is 2.43. The number of aryl methyl sites for hydroxylation is 2. The van der Waals surface area contributed by atoms with Crippen molar-refractivity contribution in [2.75, 3.05) is 23.7 Å². The minimum absolute atomic E-state index is 0.0146. The van der Waals surface area contributed by atoms with Crippen molar-refractivity contribution >= 4 is 49.6 Å². The number of aromatic nitrogens is 2. The predicted molar refractivity (Wildman–Crippen MR) is 124 cm³/mol. The lowest BCUT2D eigenvalue weighted by Crippen LogP contribution is -2.49. The summed E-state index contributed by atoms with van der Waals surface area (Å²) in [5.41, 5.74) is 13.1. The Morgan fingerprint density at radius 3 is 2.88 bits per heavy atom. The molecule has 0 radical (unpaired) electrons. The second-order valence-corrected chi connectivity index (χ2v) is 10.8. The number of hydrogen-bond acceptors (Lipinski definition) is 8. The molecule has 1 saturated heterocycles. The van der Waals surface area contributed by atoms with Crippen LogP contribution in [0.4, 0.5) is 20.3 Å². The quantitative estimate of drug-likeness (QED) is 0.532. The first-order chi connectivity index (χ1) is 15.2. The third-order valence-electron chi connectivity index (χ3n) is 6.27. The Balaban J connectivity index is 1.26. The number of rotatable bonds is 4. The molecular weight excluding hydrogens is 454 g/mol. The maximum absolute atomic E-state index is 13.2. The van der Waals surface area contributed by atoms with E-state index in [1.54, 1.807) is 0 Å². The number of amides is 1. The Hall–Kier alpha value is -2.37. The highest BCUT2D eigenvalue weighted by atomic mass is 32.1. The molecule has 0 spiro atoms. The molecule has 0 saturated carbocycles. The summed E-state index contributed by atoms with van der Waals surface area (Å²) in [6, 6.07) is 3.83. The molecule has 1 amide bonds. The maximum atomic E-state index is 13.2. The van der Waals surface area contributed by atoms with E-state index >= 15 is 0 Å². The van der Waals surface area contributed by atoms with E-state index in [9.17, 15) is 13.6 Å². The lowest BCUT2D eigenvalue weighted by atomic mass is 9.91. The standard InChI is InChI=1S/C21H24F2N6OS2/c1-10-26-19-17(31-10)15(24)16(32-19)18(30)27-12-3-4-13-11(8-12)2-5-14(28-13)29-7-6-21(25,9-29)20(22)23/h2,5,12,20H,3-4,6-9,24-25H2,1H3,(H,27,30). The predicted octanol–water partition coefficient (Wildman–Crippen LogP) is 3.10. The van der Waals surface area contributed by atoms with Gasteiger partial charge in [0.25, 0.3) is 12.3 Å². The lowest BCUT2D eigenvalue weighted by Gasteiger charge is -2.27. The van der Waals surface area contributed by atoms with Gasteiger partial charge in [0.1, 0.15) is 15.5 Å². The summed E-state index contributed by atoms with van der Waals surface area (Å²) < 4.78 is 27.3. The first-order valence-electron chi connectivity index (χ1n) is 10.5. The average Bonchev–Trinajstić information content (AvgIpc) is 3.42. The summed E-state index contributed by atoms with van der Waals surface area (Å²) in [6.45, 7) is 2.49. The van der Waals surface area contributed by atoms with Crippen molar-refractivity contribution in [2.24, 2.45) is 5.73 Å². The molecular formula is C21H24F2N6OS2. The number of halogens is 2. The molecule has 0 aromatic carbocycles. The fraction of sp³-hybridized carbons (Fsp3) is 0.476. The molecule has 1 aliphatic heterocycles. The first kappa shape index (κ1) is 21.5. The number of hydrogen-bond donors (Lipinski definition) is 3. The second-order valence-electron chi connectivity index (χ2n) is 8.61. The number of nitrogens with zero attached hydrogens (tertiary/aromatic N) is 3. The van der Waals surface area contributed by atoms with E-state index < -0.39 is 12.0 Å². The van der Waals surface area contributed by atoms with Gasteiger partial charge in [0.15, 0.2) is 0 Å². The zero-order chi connectivity index (χ0) is 22.6. The molecule has 1 fully saturated rings. The highest BCUT2D eigenvalue weighted by Crippen LogP contribution is 2.37. The molecule has 2 aliphatic rings. The number of alkyl halides is 2. The van der Waals surface area contributed by atoms with Crippen molar-refractivity contribution in [3.05, 3.63) is 33.3 Å². The van der Waals surface area contributed by atoms with E-state index in [1.807, 2.05) is 24.0 Å². The van der Waals surface area contributed by atoms with Crippen molar-refractivity contribution in [1.82, 2.24) is 15.3 Å². The summed E-state index contributed by atoms with van der Waals surface area (Å²) in [7, 11) is 0. The zero-order valence-electron chi connectivity index (χ0n) is 17.5. The molecule has 2 atom stereocenters. The van der Waals surface area contributed by atoms with Crippen LogP contribution in [0, 0.1) is 6.92 Å².